The lowest BCUT2D eigenvalue weighted by atomic mass is 9.92. The maximum absolute atomic E-state index is 11.3. The Hall–Kier alpha value is -1.75. The van der Waals surface area contributed by atoms with E-state index in [4.69, 9.17) is 0 Å². The standard InChI is InChI=1S/C16H21N3O2/c1-12(21)14-3-5-16(17-8-14)19-7-6-18-9-13(11-20)2-4-15(18)10-19/h3,5,8,11,13,15H,2,4,6-7,9-10H2,1H3. The van der Waals surface area contributed by atoms with Gasteiger partial charge in [-0.15, -0.1) is 0 Å². The normalized spacial score (nSPS) is 26.2. The third-order valence-corrected chi connectivity index (χ3v) is 4.62. The number of rotatable bonds is 3. The fourth-order valence-corrected chi connectivity index (χ4v) is 3.31. The number of aromatic nitrogens is 1. The Bertz CT molecular complexity index is 529. The summed E-state index contributed by atoms with van der Waals surface area (Å²) in [6.07, 6.45) is 4.83. The zero-order valence-electron chi connectivity index (χ0n) is 12.4. The Labute approximate surface area is 124 Å². The van der Waals surface area contributed by atoms with Gasteiger partial charge in [0, 0.05) is 49.9 Å². The first-order valence-electron chi connectivity index (χ1n) is 7.58. The molecule has 5 heteroatoms. The van der Waals surface area contributed by atoms with E-state index in [0.717, 1.165) is 51.1 Å². The minimum Gasteiger partial charge on any atom is -0.354 e. The third kappa shape index (κ3) is 2.97. The summed E-state index contributed by atoms with van der Waals surface area (Å²) in [6, 6.07) is 4.30. The number of carbonyl (C=O) groups excluding carboxylic acids is 2. The van der Waals surface area contributed by atoms with Crippen molar-refractivity contribution in [3.8, 4) is 0 Å². The van der Waals surface area contributed by atoms with Crippen molar-refractivity contribution in [2.24, 2.45) is 5.92 Å². The molecule has 2 saturated heterocycles. The first-order valence-corrected chi connectivity index (χ1v) is 7.58. The Morgan fingerprint density at radius 2 is 2.14 bits per heavy atom. The van der Waals surface area contributed by atoms with Crippen LogP contribution in [0.1, 0.15) is 30.1 Å². The molecule has 0 radical (unpaired) electrons. The van der Waals surface area contributed by atoms with Crippen LogP contribution < -0.4 is 4.90 Å². The summed E-state index contributed by atoms with van der Waals surface area (Å²) in [4.78, 5) is 31.4. The number of fused-ring (bicyclic) bond motifs is 1. The number of aldehydes is 1. The van der Waals surface area contributed by atoms with Crippen LogP contribution in [0.5, 0.6) is 0 Å². The number of piperazine rings is 1. The molecule has 0 aromatic carbocycles. The predicted molar refractivity (Wildman–Crippen MR) is 80.6 cm³/mol. The van der Waals surface area contributed by atoms with Crippen molar-refractivity contribution < 1.29 is 9.59 Å². The van der Waals surface area contributed by atoms with Crippen LogP contribution in [0.25, 0.3) is 0 Å². The summed E-state index contributed by atoms with van der Waals surface area (Å²) in [7, 11) is 0. The van der Waals surface area contributed by atoms with E-state index in [1.165, 1.54) is 0 Å². The molecule has 2 unspecified atom stereocenters. The van der Waals surface area contributed by atoms with Gasteiger partial charge in [0.15, 0.2) is 5.78 Å². The minimum atomic E-state index is 0.0473. The molecule has 0 spiro atoms. The molecule has 2 atom stereocenters. The van der Waals surface area contributed by atoms with Crippen LogP contribution >= 0.6 is 0 Å². The van der Waals surface area contributed by atoms with Crippen LogP contribution in [0.4, 0.5) is 5.82 Å². The monoisotopic (exact) mass is 287 g/mol. The van der Waals surface area contributed by atoms with Crippen LogP contribution in [0.3, 0.4) is 0 Å². The van der Waals surface area contributed by atoms with Crippen LogP contribution in [0.2, 0.25) is 0 Å². The first-order chi connectivity index (χ1) is 10.2. The molecule has 0 saturated carbocycles. The van der Waals surface area contributed by atoms with E-state index in [0.29, 0.717) is 11.6 Å². The zero-order chi connectivity index (χ0) is 14.8. The number of ketones is 1. The quantitative estimate of drug-likeness (QED) is 0.621. The van der Waals surface area contributed by atoms with Crippen molar-refractivity contribution in [3.63, 3.8) is 0 Å². The lowest BCUT2D eigenvalue weighted by Crippen LogP contribution is -2.56. The van der Waals surface area contributed by atoms with E-state index >= 15 is 0 Å². The molecule has 2 fully saturated rings. The van der Waals surface area contributed by atoms with E-state index in [2.05, 4.69) is 14.8 Å². The largest absolute Gasteiger partial charge is 0.354 e. The van der Waals surface area contributed by atoms with Gasteiger partial charge < -0.3 is 9.69 Å². The lowest BCUT2D eigenvalue weighted by Gasteiger charge is -2.45. The molecule has 21 heavy (non-hydrogen) atoms. The SMILES string of the molecule is CC(=O)c1ccc(N2CCN3CC(C=O)CCC3C2)nc1. The zero-order valence-corrected chi connectivity index (χ0v) is 12.4. The summed E-state index contributed by atoms with van der Waals surface area (Å²) in [5, 5.41) is 0. The Morgan fingerprint density at radius 3 is 2.81 bits per heavy atom. The van der Waals surface area contributed by atoms with Crippen LogP contribution in [0, 0.1) is 5.92 Å². The fourth-order valence-electron chi connectivity index (χ4n) is 3.31. The smallest absolute Gasteiger partial charge is 0.161 e. The molecule has 5 nitrogen and oxygen atoms in total. The molecule has 112 valence electrons. The van der Waals surface area contributed by atoms with E-state index < -0.39 is 0 Å². The van der Waals surface area contributed by atoms with Crippen LogP contribution in [-0.2, 0) is 4.79 Å². The molecule has 0 amide bonds. The number of hydrogen-bond donors (Lipinski definition) is 0. The van der Waals surface area contributed by atoms with Crippen LogP contribution in [-0.4, -0.2) is 54.2 Å². The molecule has 1 aromatic heterocycles. The number of piperidine rings is 1. The maximum atomic E-state index is 11.3. The molecule has 0 N–H and O–H groups in total. The Kier molecular flexibility index (Phi) is 4.01. The van der Waals surface area contributed by atoms with Gasteiger partial charge in [-0.25, -0.2) is 4.98 Å². The molecule has 3 rings (SSSR count). The summed E-state index contributed by atoms with van der Waals surface area (Å²) in [6.45, 7) is 5.32. The van der Waals surface area contributed by atoms with E-state index in [-0.39, 0.29) is 11.7 Å². The molecule has 3 heterocycles. The molecule has 0 aliphatic carbocycles. The minimum absolute atomic E-state index is 0.0473. The van der Waals surface area contributed by atoms with Gasteiger partial charge in [-0.05, 0) is 31.9 Å². The summed E-state index contributed by atoms with van der Waals surface area (Å²) < 4.78 is 0. The average Bonchev–Trinajstić information content (AvgIpc) is 2.54. The molecule has 1 aromatic rings. The van der Waals surface area contributed by atoms with Gasteiger partial charge in [0.05, 0.1) is 0 Å². The van der Waals surface area contributed by atoms with Gasteiger partial charge in [0.1, 0.15) is 12.1 Å². The highest BCUT2D eigenvalue weighted by Crippen LogP contribution is 2.26. The van der Waals surface area contributed by atoms with Gasteiger partial charge in [-0.1, -0.05) is 0 Å². The number of pyridine rings is 1. The molecular weight excluding hydrogens is 266 g/mol. The summed E-state index contributed by atoms with van der Waals surface area (Å²) in [5.41, 5.74) is 0.656. The summed E-state index contributed by atoms with van der Waals surface area (Å²) >= 11 is 0. The highest BCUT2D eigenvalue weighted by molar-refractivity contribution is 5.93. The lowest BCUT2D eigenvalue weighted by molar-refractivity contribution is -0.113. The topological polar surface area (TPSA) is 53.5 Å². The van der Waals surface area contributed by atoms with Gasteiger partial charge in [0.25, 0.3) is 0 Å². The first kappa shape index (κ1) is 14.2. The Morgan fingerprint density at radius 1 is 1.29 bits per heavy atom. The van der Waals surface area contributed by atoms with Crippen molar-refractivity contribution in [1.29, 1.82) is 0 Å². The van der Waals surface area contributed by atoms with Crippen molar-refractivity contribution >= 4 is 17.9 Å². The third-order valence-electron chi connectivity index (χ3n) is 4.62. The van der Waals surface area contributed by atoms with Crippen molar-refractivity contribution in [1.82, 2.24) is 9.88 Å². The highest BCUT2D eigenvalue weighted by atomic mass is 16.1. The highest BCUT2D eigenvalue weighted by Gasteiger charge is 2.32. The molecule has 2 aliphatic rings. The van der Waals surface area contributed by atoms with E-state index in [1.54, 1.807) is 13.1 Å². The van der Waals surface area contributed by atoms with Gasteiger partial charge in [0.2, 0.25) is 0 Å². The van der Waals surface area contributed by atoms with Gasteiger partial charge in [-0.3, -0.25) is 9.69 Å². The molecule has 2 aliphatic heterocycles. The van der Waals surface area contributed by atoms with Crippen molar-refractivity contribution in [2.45, 2.75) is 25.8 Å². The fraction of sp³-hybridized carbons (Fsp3) is 0.562. The number of anilines is 1. The van der Waals surface area contributed by atoms with Gasteiger partial charge >= 0.3 is 0 Å². The summed E-state index contributed by atoms with van der Waals surface area (Å²) in [5.74, 6) is 1.20. The van der Waals surface area contributed by atoms with E-state index in [9.17, 15) is 9.59 Å². The second-order valence-corrected chi connectivity index (χ2v) is 6.03. The van der Waals surface area contributed by atoms with Crippen LogP contribution in [0.15, 0.2) is 18.3 Å². The van der Waals surface area contributed by atoms with Crippen molar-refractivity contribution in [2.75, 3.05) is 31.1 Å². The number of nitrogens with zero attached hydrogens (tertiary/aromatic N) is 3. The number of carbonyl (C=O) groups is 2. The number of Topliss-reactive ketones (excluding diaryl/α,β-unsaturated/α-hetero) is 1. The Balaban J connectivity index is 1.66. The number of hydrogen-bond acceptors (Lipinski definition) is 5. The second kappa shape index (κ2) is 5.93. The maximum Gasteiger partial charge on any atom is 0.161 e. The van der Waals surface area contributed by atoms with Crippen molar-refractivity contribution in [3.05, 3.63) is 23.9 Å². The predicted octanol–water partition coefficient (Wildman–Crippen LogP) is 1.38. The molecule has 0 bridgehead atoms. The molecular formula is C16H21N3O2. The van der Waals surface area contributed by atoms with E-state index in [1.807, 2.05) is 12.1 Å². The average molecular weight is 287 g/mol. The second-order valence-electron chi connectivity index (χ2n) is 6.03. The van der Waals surface area contributed by atoms with Gasteiger partial charge in [-0.2, -0.15) is 0 Å².